The molecule has 0 aliphatic carbocycles. The summed E-state index contributed by atoms with van der Waals surface area (Å²) in [5, 5.41) is 16.4. The lowest BCUT2D eigenvalue weighted by Crippen LogP contribution is -2.43. The van der Waals surface area contributed by atoms with Crippen molar-refractivity contribution in [3.8, 4) is 0 Å². The summed E-state index contributed by atoms with van der Waals surface area (Å²) in [4.78, 5) is 12.4. The summed E-state index contributed by atoms with van der Waals surface area (Å²) in [5.74, 6) is -0.00862. The Bertz CT molecular complexity index is 494. The van der Waals surface area contributed by atoms with E-state index in [1.807, 2.05) is 32.0 Å². The first kappa shape index (κ1) is 18.2. The number of benzene rings is 1. The van der Waals surface area contributed by atoms with Crippen LogP contribution in [0.3, 0.4) is 0 Å². The van der Waals surface area contributed by atoms with Gasteiger partial charge in [0.15, 0.2) is 0 Å². The van der Waals surface area contributed by atoms with Gasteiger partial charge in [0.05, 0.1) is 11.5 Å². The van der Waals surface area contributed by atoms with E-state index in [0.717, 1.165) is 12.1 Å². The first-order chi connectivity index (χ1) is 9.43. The molecule has 1 amide bonds. The molecule has 0 saturated carbocycles. The Labute approximate surface area is 136 Å². The highest BCUT2D eigenvalue weighted by Crippen LogP contribution is 2.29. The molecule has 0 spiro atoms. The van der Waals surface area contributed by atoms with Gasteiger partial charge in [-0.15, -0.1) is 12.4 Å². The lowest BCUT2D eigenvalue weighted by molar-refractivity contribution is -0.125. The van der Waals surface area contributed by atoms with E-state index in [1.54, 1.807) is 6.07 Å². The highest BCUT2D eigenvalue weighted by atomic mass is 35.5. The summed E-state index contributed by atoms with van der Waals surface area (Å²) in [6.07, 6.45) is -0.390. The first-order valence-electron chi connectivity index (χ1n) is 6.85. The van der Waals surface area contributed by atoms with Gasteiger partial charge in [-0.05, 0) is 25.5 Å². The number of halogens is 2. The summed E-state index contributed by atoms with van der Waals surface area (Å²) >= 11 is 6.17. The van der Waals surface area contributed by atoms with Crippen molar-refractivity contribution in [2.24, 2.45) is 5.92 Å². The van der Waals surface area contributed by atoms with Gasteiger partial charge in [0.1, 0.15) is 0 Å². The summed E-state index contributed by atoms with van der Waals surface area (Å²) in [5.41, 5.74) is 0.110. The molecule has 6 heteroatoms. The monoisotopic (exact) mass is 332 g/mol. The molecular weight excluding hydrogens is 311 g/mol. The zero-order chi connectivity index (χ0) is 14.8. The Hall–Kier alpha value is -0.810. The molecule has 2 unspecified atom stereocenters. The van der Waals surface area contributed by atoms with E-state index in [4.69, 9.17) is 11.6 Å². The number of carbonyl (C=O) groups is 1. The molecule has 21 heavy (non-hydrogen) atoms. The smallest absolute Gasteiger partial charge is 0.230 e. The molecule has 4 nitrogen and oxygen atoms in total. The average molecular weight is 333 g/mol. The van der Waals surface area contributed by atoms with E-state index in [-0.39, 0.29) is 24.2 Å². The predicted molar refractivity (Wildman–Crippen MR) is 87.1 cm³/mol. The number of rotatable bonds is 4. The van der Waals surface area contributed by atoms with Gasteiger partial charge in [-0.1, -0.05) is 29.8 Å². The Morgan fingerprint density at radius 1 is 1.43 bits per heavy atom. The second kappa shape index (κ2) is 7.45. The average Bonchev–Trinajstić information content (AvgIpc) is 2.81. The van der Waals surface area contributed by atoms with Crippen LogP contribution in [0.25, 0.3) is 0 Å². The largest absolute Gasteiger partial charge is 0.391 e. The lowest BCUT2D eigenvalue weighted by Gasteiger charge is -2.26. The van der Waals surface area contributed by atoms with Gasteiger partial charge >= 0.3 is 0 Å². The van der Waals surface area contributed by atoms with Gasteiger partial charge in [-0.2, -0.15) is 0 Å². The number of carbonyl (C=O) groups excluding carboxylic acids is 1. The fraction of sp³-hybridized carbons (Fsp3) is 0.533. The number of amides is 1. The quantitative estimate of drug-likeness (QED) is 0.787. The minimum Gasteiger partial charge on any atom is -0.391 e. The summed E-state index contributed by atoms with van der Waals surface area (Å²) in [7, 11) is 0. The molecule has 118 valence electrons. The van der Waals surface area contributed by atoms with Crippen LogP contribution in [0, 0.1) is 5.92 Å². The fourth-order valence-electron chi connectivity index (χ4n) is 2.46. The van der Waals surface area contributed by atoms with Crippen molar-refractivity contribution in [2.75, 3.05) is 19.6 Å². The molecule has 0 radical (unpaired) electrons. The third kappa shape index (κ3) is 4.10. The lowest BCUT2D eigenvalue weighted by atomic mass is 9.83. The van der Waals surface area contributed by atoms with Crippen LogP contribution < -0.4 is 10.6 Å². The van der Waals surface area contributed by atoms with Crippen LogP contribution in [-0.2, 0) is 10.2 Å². The number of hydrogen-bond acceptors (Lipinski definition) is 3. The van der Waals surface area contributed by atoms with Crippen molar-refractivity contribution in [1.29, 1.82) is 0 Å². The molecule has 2 atom stereocenters. The standard InChI is InChI=1S/C15H21ClN2O2.ClH/c1-15(2,11-5-3-4-6-12(11)16)14(20)18-8-10-7-17-9-13(10)19;/h3-6,10,13,17,19H,7-9H2,1-2H3,(H,18,20);1H. The molecular formula is C15H22Cl2N2O2. The number of β-amino-alcohol motifs (C(OH)–C–C–N with tert-alkyl or cyclic N) is 1. The first-order valence-corrected chi connectivity index (χ1v) is 7.23. The minimum absolute atomic E-state index is 0. The molecule has 1 aromatic rings. The maximum Gasteiger partial charge on any atom is 0.230 e. The van der Waals surface area contributed by atoms with E-state index < -0.39 is 11.5 Å². The Morgan fingerprint density at radius 2 is 2.10 bits per heavy atom. The molecule has 1 aliphatic rings. The van der Waals surface area contributed by atoms with Crippen molar-refractivity contribution < 1.29 is 9.90 Å². The fourth-order valence-corrected chi connectivity index (χ4v) is 2.83. The number of aliphatic hydroxyl groups is 1. The zero-order valence-electron chi connectivity index (χ0n) is 12.2. The number of hydrogen-bond donors (Lipinski definition) is 3. The van der Waals surface area contributed by atoms with E-state index >= 15 is 0 Å². The van der Waals surface area contributed by atoms with Crippen LogP contribution in [-0.4, -0.2) is 36.8 Å². The molecule has 0 bridgehead atoms. The highest BCUT2D eigenvalue weighted by molar-refractivity contribution is 6.31. The van der Waals surface area contributed by atoms with Gasteiger partial charge in [0.25, 0.3) is 0 Å². The second-order valence-electron chi connectivity index (χ2n) is 5.80. The third-order valence-electron chi connectivity index (χ3n) is 3.94. The molecule has 2 rings (SSSR count). The van der Waals surface area contributed by atoms with Crippen LogP contribution in [0.15, 0.2) is 24.3 Å². The van der Waals surface area contributed by atoms with Crippen molar-refractivity contribution in [2.45, 2.75) is 25.4 Å². The third-order valence-corrected chi connectivity index (χ3v) is 4.27. The summed E-state index contributed by atoms with van der Waals surface area (Å²) < 4.78 is 0. The zero-order valence-corrected chi connectivity index (χ0v) is 13.8. The van der Waals surface area contributed by atoms with Crippen LogP contribution >= 0.6 is 24.0 Å². The van der Waals surface area contributed by atoms with Crippen LogP contribution in [0.4, 0.5) is 0 Å². The van der Waals surface area contributed by atoms with Gasteiger partial charge in [0.2, 0.25) is 5.91 Å². The van der Waals surface area contributed by atoms with Crippen molar-refractivity contribution >= 4 is 29.9 Å². The highest BCUT2D eigenvalue weighted by Gasteiger charge is 2.33. The van der Waals surface area contributed by atoms with Crippen molar-refractivity contribution in [1.82, 2.24) is 10.6 Å². The molecule has 1 fully saturated rings. The molecule has 0 aromatic heterocycles. The van der Waals surface area contributed by atoms with Crippen LogP contribution in [0.5, 0.6) is 0 Å². The van der Waals surface area contributed by atoms with E-state index in [2.05, 4.69) is 10.6 Å². The number of aliphatic hydroxyl groups excluding tert-OH is 1. The van der Waals surface area contributed by atoms with Gasteiger partial charge in [-0.3, -0.25) is 4.79 Å². The van der Waals surface area contributed by atoms with Gasteiger partial charge < -0.3 is 15.7 Å². The van der Waals surface area contributed by atoms with Crippen LogP contribution in [0.1, 0.15) is 19.4 Å². The van der Waals surface area contributed by atoms with Gasteiger partial charge in [0, 0.05) is 30.6 Å². The normalized spacial score (nSPS) is 21.7. The van der Waals surface area contributed by atoms with E-state index in [9.17, 15) is 9.90 Å². The summed E-state index contributed by atoms with van der Waals surface area (Å²) in [6.45, 7) is 5.50. The predicted octanol–water partition coefficient (Wildman–Crippen LogP) is 1.74. The van der Waals surface area contributed by atoms with Crippen LogP contribution in [0.2, 0.25) is 5.02 Å². The van der Waals surface area contributed by atoms with E-state index in [1.165, 1.54) is 0 Å². The summed E-state index contributed by atoms with van der Waals surface area (Å²) in [6, 6.07) is 7.38. The van der Waals surface area contributed by atoms with Gasteiger partial charge in [-0.25, -0.2) is 0 Å². The second-order valence-corrected chi connectivity index (χ2v) is 6.21. The Balaban J connectivity index is 0.00000220. The maximum atomic E-state index is 12.4. The van der Waals surface area contributed by atoms with Crippen molar-refractivity contribution in [3.05, 3.63) is 34.9 Å². The van der Waals surface area contributed by atoms with Crippen molar-refractivity contribution in [3.63, 3.8) is 0 Å². The minimum atomic E-state index is -0.699. The Kier molecular flexibility index (Phi) is 6.47. The Morgan fingerprint density at radius 3 is 2.67 bits per heavy atom. The topological polar surface area (TPSA) is 61.4 Å². The molecule has 1 saturated heterocycles. The molecule has 1 heterocycles. The molecule has 1 aliphatic heterocycles. The molecule has 1 aromatic carbocycles. The maximum absolute atomic E-state index is 12.4. The SMILES string of the molecule is CC(C)(C(=O)NCC1CNCC1O)c1ccccc1Cl.Cl. The van der Waals surface area contributed by atoms with E-state index in [0.29, 0.717) is 18.1 Å². The molecule has 3 N–H and O–H groups in total. The number of nitrogens with one attached hydrogen (secondary N) is 2.